The molecule has 10 heteroatoms. The molecule has 3 heterocycles. The van der Waals surface area contributed by atoms with Gasteiger partial charge in [0.2, 0.25) is 0 Å². The van der Waals surface area contributed by atoms with Crippen LogP contribution in [0.3, 0.4) is 0 Å². The quantitative estimate of drug-likeness (QED) is 0.387. The van der Waals surface area contributed by atoms with Crippen molar-refractivity contribution in [3.63, 3.8) is 0 Å². The van der Waals surface area contributed by atoms with Crippen molar-refractivity contribution in [3.05, 3.63) is 94.7 Å². The van der Waals surface area contributed by atoms with Gasteiger partial charge in [-0.25, -0.2) is 9.18 Å². The molecule has 1 amide bonds. The lowest BCUT2D eigenvalue weighted by atomic mass is 9.83. The van der Waals surface area contributed by atoms with Crippen LogP contribution in [-0.2, 0) is 6.54 Å². The summed E-state index contributed by atoms with van der Waals surface area (Å²) in [5, 5.41) is 12.4. The van der Waals surface area contributed by atoms with Crippen molar-refractivity contribution in [1.82, 2.24) is 25.2 Å². The minimum absolute atomic E-state index is 0.218. The molecule has 2 aromatic carbocycles. The number of carbonyl (C=O) groups is 1. The first-order valence-electron chi connectivity index (χ1n) is 13.2. The minimum Gasteiger partial charge on any atom is -0.494 e. The van der Waals surface area contributed by atoms with Crippen LogP contribution in [0.2, 0.25) is 0 Å². The van der Waals surface area contributed by atoms with E-state index in [4.69, 9.17) is 21.1 Å². The Morgan fingerprint density at radius 3 is 2.85 bits per heavy atom. The van der Waals surface area contributed by atoms with Crippen LogP contribution in [0.25, 0.3) is 0 Å². The summed E-state index contributed by atoms with van der Waals surface area (Å²) in [6.45, 7) is 1.72. The molecule has 2 aliphatic heterocycles. The Labute approximate surface area is 231 Å². The van der Waals surface area contributed by atoms with E-state index in [-0.39, 0.29) is 23.8 Å². The lowest BCUT2D eigenvalue weighted by Gasteiger charge is -2.37. The Bertz CT molecular complexity index is 1390. The average Bonchev–Trinajstić information content (AvgIpc) is 3.60. The molecule has 202 valence electrons. The zero-order valence-electron chi connectivity index (χ0n) is 21.3. The Morgan fingerprint density at radius 1 is 1.15 bits per heavy atom. The van der Waals surface area contributed by atoms with E-state index in [9.17, 15) is 9.18 Å². The van der Waals surface area contributed by atoms with E-state index < -0.39 is 6.09 Å². The molecule has 1 aromatic heterocycles. The Balaban J connectivity index is 1.26. The van der Waals surface area contributed by atoms with Crippen molar-refractivity contribution < 1.29 is 18.7 Å². The van der Waals surface area contributed by atoms with Crippen LogP contribution >= 0.6 is 11.6 Å². The summed E-state index contributed by atoms with van der Waals surface area (Å²) >= 11 is 6.44. The van der Waals surface area contributed by atoms with Crippen LogP contribution < -0.4 is 14.8 Å². The van der Waals surface area contributed by atoms with Crippen LogP contribution in [0.4, 0.5) is 9.18 Å². The third-order valence-corrected chi connectivity index (χ3v) is 7.80. The fourth-order valence-electron chi connectivity index (χ4n) is 5.67. The normalized spacial score (nSPS) is 22.1. The number of amides is 1. The summed E-state index contributed by atoms with van der Waals surface area (Å²) < 4.78 is 26.9. The van der Waals surface area contributed by atoms with E-state index >= 15 is 0 Å². The first-order valence-corrected chi connectivity index (χ1v) is 13.6. The predicted molar refractivity (Wildman–Crippen MR) is 144 cm³/mol. The molecule has 0 bridgehead atoms. The maximum Gasteiger partial charge on any atom is 0.416 e. The topological polar surface area (TPSA) is 81.5 Å². The van der Waals surface area contributed by atoms with E-state index in [1.165, 1.54) is 29.8 Å². The molecule has 0 radical (unpaired) electrons. The number of carbonyl (C=O) groups excluding carboxylic acids is 1. The van der Waals surface area contributed by atoms with E-state index in [2.05, 4.69) is 21.7 Å². The number of aromatic nitrogens is 3. The highest BCUT2D eigenvalue weighted by atomic mass is 35.5. The maximum atomic E-state index is 13.5. The van der Waals surface area contributed by atoms with Gasteiger partial charge < -0.3 is 14.8 Å². The highest BCUT2D eigenvalue weighted by Gasteiger charge is 2.44. The smallest absolute Gasteiger partial charge is 0.416 e. The number of nitrogens with zero attached hydrogens (tertiary/aromatic N) is 4. The molecule has 39 heavy (non-hydrogen) atoms. The zero-order valence-corrected chi connectivity index (χ0v) is 22.1. The van der Waals surface area contributed by atoms with Gasteiger partial charge in [-0.05, 0) is 66.8 Å². The Morgan fingerprint density at radius 2 is 2.03 bits per heavy atom. The van der Waals surface area contributed by atoms with Gasteiger partial charge in [0.15, 0.2) is 0 Å². The number of aryl methyl sites for hydroxylation is 1. The van der Waals surface area contributed by atoms with Crippen LogP contribution in [0.1, 0.15) is 37.3 Å². The monoisotopic (exact) mass is 549 g/mol. The number of hydrogen-bond acceptors (Lipinski definition) is 6. The first kappa shape index (κ1) is 25.4. The third kappa shape index (κ3) is 5.49. The number of hydrogen-bond donors (Lipinski definition) is 1. The number of ether oxygens (including phenoxy) is 2. The summed E-state index contributed by atoms with van der Waals surface area (Å²) in [6, 6.07) is 13.2. The van der Waals surface area contributed by atoms with Gasteiger partial charge in [0.25, 0.3) is 0 Å². The highest BCUT2D eigenvalue weighted by molar-refractivity contribution is 6.29. The number of fused-ring (bicyclic) bond motifs is 2. The summed E-state index contributed by atoms with van der Waals surface area (Å²) in [4.78, 5) is 15.2. The fraction of sp³-hybridized carbons (Fsp3) is 0.345. The van der Waals surface area contributed by atoms with E-state index in [0.29, 0.717) is 25.4 Å². The Kier molecular flexibility index (Phi) is 7.24. The highest BCUT2D eigenvalue weighted by Crippen LogP contribution is 2.46. The predicted octanol–water partition coefficient (Wildman–Crippen LogP) is 5.59. The number of nitrogens with one attached hydrogen (secondary N) is 1. The van der Waals surface area contributed by atoms with Gasteiger partial charge in [-0.15, -0.1) is 5.10 Å². The van der Waals surface area contributed by atoms with Gasteiger partial charge in [0.05, 0.1) is 12.8 Å². The van der Waals surface area contributed by atoms with Gasteiger partial charge in [-0.3, -0.25) is 9.58 Å². The second kappa shape index (κ2) is 11.1. The SMILES string of the molecule is O=C(Oc1ccc(F)cc1)N1CCC2=C(NC3CCC(Cl)=CC23)C1c1cccc(OCCCn2ccnn2)c1. The minimum atomic E-state index is -0.484. The van der Waals surface area contributed by atoms with E-state index in [0.717, 1.165) is 47.7 Å². The zero-order chi connectivity index (χ0) is 26.8. The standard InChI is InChI=1S/C29H29ClFN5O3/c30-20-5-10-26-25(18-20)24-11-14-36(29(37)39-22-8-6-21(31)7-9-22)28(27(24)33-26)19-3-1-4-23(17-19)38-16-2-13-35-15-12-32-34-35/h1,3-4,6-9,12,15,17-18,25-26,28,33H,2,5,10-11,13-14,16H2. The Hall–Kier alpha value is -3.85. The van der Waals surface area contributed by atoms with Gasteiger partial charge in [0, 0.05) is 48.4 Å². The molecule has 0 saturated carbocycles. The lowest BCUT2D eigenvalue weighted by molar-refractivity contribution is 0.133. The molecular formula is C29H29ClFN5O3. The van der Waals surface area contributed by atoms with Gasteiger partial charge in [-0.2, -0.15) is 0 Å². The summed E-state index contributed by atoms with van der Waals surface area (Å²) in [6.07, 6.45) is 8.43. The summed E-state index contributed by atoms with van der Waals surface area (Å²) in [5.41, 5.74) is 3.24. The van der Waals surface area contributed by atoms with Crippen molar-refractivity contribution in [2.45, 2.75) is 44.3 Å². The van der Waals surface area contributed by atoms with Gasteiger partial charge >= 0.3 is 6.09 Å². The third-order valence-electron chi connectivity index (χ3n) is 7.48. The molecule has 0 fully saturated rings. The lowest BCUT2D eigenvalue weighted by Crippen LogP contribution is -2.43. The number of rotatable bonds is 7. The molecule has 3 aliphatic rings. The van der Waals surface area contributed by atoms with Crippen LogP contribution in [0.15, 0.2) is 83.3 Å². The van der Waals surface area contributed by atoms with Crippen molar-refractivity contribution in [2.24, 2.45) is 5.92 Å². The van der Waals surface area contributed by atoms with Crippen LogP contribution in [0, 0.1) is 11.7 Å². The average molecular weight is 550 g/mol. The van der Waals surface area contributed by atoms with Crippen LogP contribution in [-0.4, -0.2) is 45.2 Å². The number of benzene rings is 2. The van der Waals surface area contributed by atoms with E-state index in [1.54, 1.807) is 15.8 Å². The number of halogens is 2. The molecular weight excluding hydrogens is 521 g/mol. The summed E-state index contributed by atoms with van der Waals surface area (Å²) in [5.74, 6) is 0.856. The van der Waals surface area contributed by atoms with E-state index in [1.807, 2.05) is 30.5 Å². The second-order valence-electron chi connectivity index (χ2n) is 9.98. The molecule has 1 aliphatic carbocycles. The van der Waals surface area contributed by atoms with Crippen molar-refractivity contribution in [2.75, 3.05) is 13.2 Å². The molecule has 3 unspecified atom stereocenters. The first-order chi connectivity index (χ1) is 19.0. The van der Waals surface area contributed by atoms with Crippen molar-refractivity contribution in [3.8, 4) is 11.5 Å². The molecule has 6 rings (SSSR count). The molecule has 1 N–H and O–H groups in total. The van der Waals surface area contributed by atoms with Crippen molar-refractivity contribution in [1.29, 1.82) is 0 Å². The second-order valence-corrected chi connectivity index (χ2v) is 10.5. The largest absolute Gasteiger partial charge is 0.494 e. The van der Waals surface area contributed by atoms with Crippen LogP contribution in [0.5, 0.6) is 11.5 Å². The summed E-state index contributed by atoms with van der Waals surface area (Å²) in [7, 11) is 0. The van der Waals surface area contributed by atoms with Crippen molar-refractivity contribution >= 4 is 17.7 Å². The molecule has 8 nitrogen and oxygen atoms in total. The number of allylic oxidation sites excluding steroid dienone is 1. The molecule has 3 atom stereocenters. The fourth-order valence-corrected chi connectivity index (χ4v) is 5.92. The maximum absolute atomic E-state index is 13.5. The van der Waals surface area contributed by atoms with Gasteiger partial charge in [-0.1, -0.05) is 35.0 Å². The molecule has 0 spiro atoms. The molecule has 0 saturated heterocycles. The molecule has 3 aromatic rings. The van der Waals surface area contributed by atoms with Gasteiger partial charge in [0.1, 0.15) is 23.4 Å².